The van der Waals surface area contributed by atoms with E-state index < -0.39 is 0 Å². The summed E-state index contributed by atoms with van der Waals surface area (Å²) in [5, 5.41) is 10.8. The van der Waals surface area contributed by atoms with Crippen LogP contribution >= 0.6 is 0 Å². The van der Waals surface area contributed by atoms with Crippen molar-refractivity contribution in [3.63, 3.8) is 0 Å². The molecule has 15 heavy (non-hydrogen) atoms. The fourth-order valence-corrected chi connectivity index (χ4v) is 1.74. The van der Waals surface area contributed by atoms with Gasteiger partial charge in [0.2, 0.25) is 0 Å². The van der Waals surface area contributed by atoms with Crippen LogP contribution in [0.1, 0.15) is 49.0 Å². The summed E-state index contributed by atoms with van der Waals surface area (Å²) in [6, 6.07) is 0. The van der Waals surface area contributed by atoms with Gasteiger partial charge in [-0.2, -0.15) is 0 Å². The Morgan fingerprint density at radius 1 is 1.27 bits per heavy atom. The number of rotatable bonds is 3. The molecule has 5 heteroatoms. The maximum absolute atomic E-state index is 10.8. The van der Waals surface area contributed by atoms with E-state index in [-0.39, 0.29) is 10.6 Å². The number of hydrogen-bond donors (Lipinski definition) is 0. The van der Waals surface area contributed by atoms with Gasteiger partial charge in [-0.15, -0.1) is 0 Å². The molecule has 5 nitrogen and oxygen atoms in total. The third-order valence-electron chi connectivity index (χ3n) is 2.92. The molecule has 0 N–H and O–H groups in total. The maximum Gasteiger partial charge on any atom is 0.309 e. The van der Waals surface area contributed by atoms with E-state index in [2.05, 4.69) is 9.97 Å². The third-order valence-corrected chi connectivity index (χ3v) is 2.92. The minimum absolute atomic E-state index is 0.0990. The number of hydrogen-bond acceptors (Lipinski definition) is 4. The lowest BCUT2D eigenvalue weighted by atomic mass is 10.2. The molecule has 3 rings (SSSR count). The van der Waals surface area contributed by atoms with Crippen LogP contribution in [0.15, 0.2) is 6.20 Å². The van der Waals surface area contributed by atoms with Crippen LogP contribution in [0.4, 0.5) is 5.69 Å². The summed E-state index contributed by atoms with van der Waals surface area (Å²) < 4.78 is 0. The summed E-state index contributed by atoms with van der Waals surface area (Å²) >= 11 is 0. The third kappa shape index (κ3) is 1.58. The maximum atomic E-state index is 10.8. The minimum Gasteiger partial charge on any atom is -0.258 e. The van der Waals surface area contributed by atoms with E-state index in [1.807, 2.05) is 0 Å². The standard InChI is InChI=1S/C10H11N3O2/c14-13(15)8-5-11-10(7-3-4-7)12-9(8)6-1-2-6/h5-7H,1-4H2. The van der Waals surface area contributed by atoms with Crippen molar-refractivity contribution in [2.75, 3.05) is 0 Å². The number of aromatic nitrogens is 2. The van der Waals surface area contributed by atoms with Crippen LogP contribution in [0.25, 0.3) is 0 Å². The van der Waals surface area contributed by atoms with Gasteiger partial charge in [-0.3, -0.25) is 10.1 Å². The lowest BCUT2D eigenvalue weighted by Crippen LogP contribution is -2.02. The van der Waals surface area contributed by atoms with Crippen LogP contribution in [-0.4, -0.2) is 14.9 Å². The van der Waals surface area contributed by atoms with Gasteiger partial charge in [-0.05, 0) is 25.7 Å². The van der Waals surface area contributed by atoms with E-state index in [0.717, 1.165) is 31.5 Å². The van der Waals surface area contributed by atoms with Crippen molar-refractivity contribution in [3.05, 3.63) is 27.8 Å². The largest absolute Gasteiger partial charge is 0.309 e. The zero-order chi connectivity index (χ0) is 10.4. The van der Waals surface area contributed by atoms with Crippen LogP contribution in [0.3, 0.4) is 0 Å². The highest BCUT2D eigenvalue weighted by atomic mass is 16.6. The van der Waals surface area contributed by atoms with Gasteiger partial charge < -0.3 is 0 Å². The Balaban J connectivity index is 2.03. The Morgan fingerprint density at radius 2 is 1.93 bits per heavy atom. The second kappa shape index (κ2) is 2.98. The van der Waals surface area contributed by atoms with Crippen molar-refractivity contribution in [1.82, 2.24) is 9.97 Å². The molecule has 0 radical (unpaired) electrons. The Labute approximate surface area is 86.7 Å². The second-order valence-corrected chi connectivity index (χ2v) is 4.30. The highest BCUT2D eigenvalue weighted by Gasteiger charge is 2.35. The van der Waals surface area contributed by atoms with Crippen LogP contribution in [0.2, 0.25) is 0 Å². The first-order valence-corrected chi connectivity index (χ1v) is 5.27. The predicted octanol–water partition coefficient (Wildman–Crippen LogP) is 2.14. The van der Waals surface area contributed by atoms with Crippen LogP contribution in [0, 0.1) is 10.1 Å². The Kier molecular flexibility index (Phi) is 1.74. The van der Waals surface area contributed by atoms with Gasteiger partial charge in [0.1, 0.15) is 17.7 Å². The summed E-state index contributed by atoms with van der Waals surface area (Å²) in [4.78, 5) is 18.9. The van der Waals surface area contributed by atoms with E-state index >= 15 is 0 Å². The van der Waals surface area contributed by atoms with E-state index in [0.29, 0.717) is 17.5 Å². The summed E-state index contributed by atoms with van der Waals surface area (Å²) in [5.74, 6) is 1.58. The number of nitrogens with zero attached hydrogens (tertiary/aromatic N) is 3. The molecule has 0 aromatic carbocycles. The molecule has 2 aliphatic rings. The quantitative estimate of drug-likeness (QED) is 0.560. The van der Waals surface area contributed by atoms with E-state index in [9.17, 15) is 10.1 Å². The van der Waals surface area contributed by atoms with Crippen molar-refractivity contribution in [2.24, 2.45) is 0 Å². The number of nitro groups is 1. The molecule has 0 amide bonds. The predicted molar refractivity (Wildman–Crippen MR) is 52.6 cm³/mol. The molecule has 1 heterocycles. The van der Waals surface area contributed by atoms with E-state index in [1.54, 1.807) is 0 Å². The summed E-state index contributed by atoms with van der Waals surface area (Å²) in [5.41, 5.74) is 0.763. The molecule has 78 valence electrons. The average Bonchev–Trinajstić information content (AvgIpc) is 3.07. The molecule has 1 aromatic heterocycles. The molecule has 2 saturated carbocycles. The first-order chi connectivity index (χ1) is 7.25. The van der Waals surface area contributed by atoms with Crippen molar-refractivity contribution in [2.45, 2.75) is 37.5 Å². The molecule has 2 aliphatic carbocycles. The van der Waals surface area contributed by atoms with E-state index in [4.69, 9.17) is 0 Å². The van der Waals surface area contributed by atoms with Crippen LogP contribution in [0.5, 0.6) is 0 Å². The van der Waals surface area contributed by atoms with Gasteiger partial charge in [-0.1, -0.05) is 0 Å². The molecule has 0 aliphatic heterocycles. The normalized spacial score (nSPS) is 20.3. The van der Waals surface area contributed by atoms with Gasteiger partial charge in [0.25, 0.3) is 0 Å². The Bertz CT molecular complexity index is 425. The zero-order valence-electron chi connectivity index (χ0n) is 8.22. The molecule has 0 unspecified atom stereocenters. The monoisotopic (exact) mass is 205 g/mol. The van der Waals surface area contributed by atoms with Crippen molar-refractivity contribution in [3.8, 4) is 0 Å². The van der Waals surface area contributed by atoms with Crippen molar-refractivity contribution < 1.29 is 4.92 Å². The molecule has 0 atom stereocenters. The highest BCUT2D eigenvalue weighted by Crippen LogP contribution is 2.45. The minimum atomic E-state index is -0.371. The SMILES string of the molecule is O=[N+]([O-])c1cnc(C2CC2)nc1C1CC1. The average molecular weight is 205 g/mol. The van der Waals surface area contributed by atoms with Gasteiger partial charge >= 0.3 is 5.69 Å². The molecular weight excluding hydrogens is 194 g/mol. The fourth-order valence-electron chi connectivity index (χ4n) is 1.74. The molecule has 0 saturated heterocycles. The Hall–Kier alpha value is -1.52. The van der Waals surface area contributed by atoms with Gasteiger partial charge in [-0.25, -0.2) is 9.97 Å². The van der Waals surface area contributed by atoms with E-state index in [1.165, 1.54) is 6.20 Å². The zero-order valence-corrected chi connectivity index (χ0v) is 8.22. The summed E-state index contributed by atoms with van der Waals surface area (Å²) in [7, 11) is 0. The molecular formula is C10H11N3O2. The van der Waals surface area contributed by atoms with Gasteiger partial charge in [0.15, 0.2) is 0 Å². The van der Waals surface area contributed by atoms with Gasteiger partial charge in [0.05, 0.1) is 4.92 Å². The highest BCUT2D eigenvalue weighted by molar-refractivity contribution is 5.38. The topological polar surface area (TPSA) is 68.9 Å². The van der Waals surface area contributed by atoms with Crippen LogP contribution in [-0.2, 0) is 0 Å². The lowest BCUT2D eigenvalue weighted by molar-refractivity contribution is -0.386. The smallest absolute Gasteiger partial charge is 0.258 e. The summed E-state index contributed by atoms with van der Waals surface area (Å²) in [6.07, 6.45) is 5.70. The second-order valence-electron chi connectivity index (χ2n) is 4.30. The molecule has 0 bridgehead atoms. The lowest BCUT2D eigenvalue weighted by Gasteiger charge is -2.02. The first kappa shape index (κ1) is 8.76. The van der Waals surface area contributed by atoms with Crippen LogP contribution < -0.4 is 0 Å². The Morgan fingerprint density at radius 3 is 2.47 bits per heavy atom. The molecule has 2 fully saturated rings. The molecule has 1 aromatic rings. The first-order valence-electron chi connectivity index (χ1n) is 5.27. The van der Waals surface area contributed by atoms with Crippen molar-refractivity contribution >= 4 is 5.69 Å². The van der Waals surface area contributed by atoms with Gasteiger partial charge in [0, 0.05) is 11.8 Å². The molecule has 0 spiro atoms. The summed E-state index contributed by atoms with van der Waals surface area (Å²) in [6.45, 7) is 0. The fraction of sp³-hybridized carbons (Fsp3) is 0.600. The van der Waals surface area contributed by atoms with Crippen molar-refractivity contribution in [1.29, 1.82) is 0 Å².